The zero-order valence-corrected chi connectivity index (χ0v) is 19.1. The summed E-state index contributed by atoms with van der Waals surface area (Å²) in [4.78, 5) is 25.1. The van der Waals surface area contributed by atoms with E-state index >= 15 is 0 Å². The van der Waals surface area contributed by atoms with Crippen LogP contribution < -0.4 is 25.4 Å². The molecule has 0 aromatic heterocycles. The Bertz CT molecular complexity index is 1120. The highest BCUT2D eigenvalue weighted by Gasteiger charge is 2.16. The number of thiocarbonyl (C=S) groups is 1. The Balaban J connectivity index is 1.57. The predicted molar refractivity (Wildman–Crippen MR) is 133 cm³/mol. The van der Waals surface area contributed by atoms with Crippen molar-refractivity contribution in [3.05, 3.63) is 90.0 Å². The number of benzene rings is 3. The second kappa shape index (κ2) is 12.9. The number of hydrogen-bond donors (Lipinski definition) is 4. The lowest BCUT2D eigenvalue weighted by atomic mass is 10.1. The maximum Gasteiger partial charge on any atom is 0.261 e. The van der Waals surface area contributed by atoms with Gasteiger partial charge in [-0.1, -0.05) is 42.5 Å². The lowest BCUT2D eigenvalue weighted by molar-refractivity contribution is 0.0944. The van der Waals surface area contributed by atoms with Crippen LogP contribution in [-0.4, -0.2) is 48.4 Å². The molecule has 0 atom stereocenters. The third kappa shape index (κ3) is 7.29. The Labute approximate surface area is 202 Å². The third-order valence-corrected chi connectivity index (χ3v) is 4.73. The highest BCUT2D eigenvalue weighted by Crippen LogP contribution is 2.19. The Hall–Kier alpha value is -3.95. The van der Waals surface area contributed by atoms with Crippen LogP contribution in [0, 0.1) is 0 Å². The number of carbonyl (C=O) groups is 2. The maximum atomic E-state index is 12.8. The van der Waals surface area contributed by atoms with Gasteiger partial charge in [-0.2, -0.15) is 0 Å². The van der Waals surface area contributed by atoms with E-state index in [0.717, 1.165) is 5.75 Å². The van der Waals surface area contributed by atoms with Crippen molar-refractivity contribution >= 4 is 34.8 Å². The molecule has 0 saturated heterocycles. The molecule has 0 fully saturated rings. The van der Waals surface area contributed by atoms with Crippen LogP contribution in [-0.2, 0) is 0 Å². The fourth-order valence-corrected chi connectivity index (χ4v) is 3.19. The summed E-state index contributed by atoms with van der Waals surface area (Å²) >= 11 is 5.27. The first-order chi connectivity index (χ1) is 16.6. The number of nitrogens with one attached hydrogen (secondary N) is 3. The van der Waals surface area contributed by atoms with E-state index in [1.807, 2.05) is 30.3 Å². The summed E-state index contributed by atoms with van der Waals surface area (Å²) in [5, 5.41) is 17.0. The summed E-state index contributed by atoms with van der Waals surface area (Å²) in [7, 11) is 0. The lowest BCUT2D eigenvalue weighted by Crippen LogP contribution is -2.35. The number of carbonyl (C=O) groups excluding carboxylic acids is 2. The van der Waals surface area contributed by atoms with Crippen LogP contribution >= 0.6 is 12.2 Å². The van der Waals surface area contributed by atoms with E-state index in [4.69, 9.17) is 26.8 Å². The summed E-state index contributed by atoms with van der Waals surface area (Å²) in [6.07, 6.45) is 0. The molecular weight excluding hydrogens is 454 g/mol. The molecule has 9 heteroatoms. The first-order valence-electron chi connectivity index (χ1n) is 10.6. The number of aliphatic hydroxyl groups excluding tert-OH is 1. The van der Waals surface area contributed by atoms with E-state index in [1.54, 1.807) is 48.5 Å². The van der Waals surface area contributed by atoms with Gasteiger partial charge in [0, 0.05) is 6.54 Å². The molecule has 0 bridgehead atoms. The third-order valence-electron chi connectivity index (χ3n) is 4.53. The minimum atomic E-state index is -0.459. The molecule has 0 radical (unpaired) electrons. The van der Waals surface area contributed by atoms with Gasteiger partial charge in [0.2, 0.25) is 0 Å². The van der Waals surface area contributed by atoms with Crippen molar-refractivity contribution in [3.8, 4) is 11.5 Å². The molecule has 0 heterocycles. The maximum absolute atomic E-state index is 12.8. The van der Waals surface area contributed by atoms with Crippen LogP contribution in [0.3, 0.4) is 0 Å². The summed E-state index contributed by atoms with van der Waals surface area (Å²) in [5.41, 5.74) is 1.06. The van der Waals surface area contributed by atoms with Crippen molar-refractivity contribution in [3.63, 3.8) is 0 Å². The minimum absolute atomic E-state index is 0.0228. The fraction of sp³-hybridized carbons (Fsp3) is 0.160. The molecule has 3 aromatic rings. The predicted octanol–water partition coefficient (Wildman–Crippen LogP) is 2.99. The van der Waals surface area contributed by atoms with Crippen molar-refractivity contribution in [1.29, 1.82) is 0 Å². The number of ether oxygens (including phenoxy) is 2. The van der Waals surface area contributed by atoms with Crippen molar-refractivity contribution < 1.29 is 24.2 Å². The molecule has 0 unspecified atom stereocenters. The average Bonchev–Trinajstić information content (AvgIpc) is 2.86. The van der Waals surface area contributed by atoms with E-state index in [-0.39, 0.29) is 30.8 Å². The van der Waals surface area contributed by atoms with Gasteiger partial charge in [-0.05, 0) is 48.6 Å². The Morgan fingerprint density at radius 3 is 2.21 bits per heavy atom. The summed E-state index contributed by atoms with van der Waals surface area (Å²) in [6.45, 7) is 0.518. The van der Waals surface area contributed by atoms with Gasteiger partial charge in [-0.15, -0.1) is 0 Å². The van der Waals surface area contributed by atoms with Gasteiger partial charge >= 0.3 is 0 Å². The van der Waals surface area contributed by atoms with Gasteiger partial charge in [0.15, 0.2) is 5.11 Å². The van der Waals surface area contributed by atoms with Crippen molar-refractivity contribution in [2.45, 2.75) is 0 Å². The quantitative estimate of drug-likeness (QED) is 0.261. The number of hydrogen-bond acceptors (Lipinski definition) is 6. The first kappa shape index (κ1) is 24.7. The van der Waals surface area contributed by atoms with Gasteiger partial charge in [0.25, 0.3) is 11.8 Å². The van der Waals surface area contributed by atoms with E-state index in [0.29, 0.717) is 29.2 Å². The van der Waals surface area contributed by atoms with Gasteiger partial charge in [-0.3, -0.25) is 14.9 Å². The molecule has 0 aliphatic carbocycles. The zero-order valence-electron chi connectivity index (χ0n) is 18.3. The van der Waals surface area contributed by atoms with Crippen molar-refractivity contribution in [2.75, 3.05) is 31.7 Å². The highest BCUT2D eigenvalue weighted by atomic mass is 32.1. The SMILES string of the molecule is O=C(NCCO)c1ccccc1NC(=S)NC(=O)c1ccccc1OCCOc1ccccc1. The molecule has 0 saturated carbocycles. The molecule has 3 aromatic carbocycles. The van der Waals surface area contributed by atoms with Crippen LogP contribution in [0.4, 0.5) is 5.69 Å². The van der Waals surface area contributed by atoms with Crippen LogP contribution in [0.15, 0.2) is 78.9 Å². The molecule has 0 aliphatic heterocycles. The molecule has 2 amide bonds. The molecule has 3 rings (SSSR count). The van der Waals surface area contributed by atoms with Crippen molar-refractivity contribution in [2.24, 2.45) is 0 Å². The number of para-hydroxylation sites is 3. The number of aliphatic hydroxyl groups is 1. The molecule has 0 spiro atoms. The first-order valence-corrected chi connectivity index (χ1v) is 11.0. The van der Waals surface area contributed by atoms with E-state index in [1.165, 1.54) is 0 Å². The van der Waals surface area contributed by atoms with E-state index in [9.17, 15) is 9.59 Å². The van der Waals surface area contributed by atoms with Crippen LogP contribution in [0.5, 0.6) is 11.5 Å². The fourth-order valence-electron chi connectivity index (χ4n) is 2.99. The van der Waals surface area contributed by atoms with Crippen LogP contribution in [0.25, 0.3) is 0 Å². The molecule has 4 N–H and O–H groups in total. The van der Waals surface area contributed by atoms with E-state index in [2.05, 4.69) is 16.0 Å². The molecule has 176 valence electrons. The largest absolute Gasteiger partial charge is 0.490 e. The highest BCUT2D eigenvalue weighted by molar-refractivity contribution is 7.80. The summed E-state index contributed by atoms with van der Waals surface area (Å²) in [6, 6.07) is 22.9. The zero-order chi connectivity index (χ0) is 24.2. The summed E-state index contributed by atoms with van der Waals surface area (Å²) < 4.78 is 11.4. The van der Waals surface area contributed by atoms with Crippen molar-refractivity contribution in [1.82, 2.24) is 10.6 Å². The normalized spacial score (nSPS) is 10.1. The molecule has 34 heavy (non-hydrogen) atoms. The number of anilines is 1. The van der Waals surface area contributed by atoms with Crippen LogP contribution in [0.1, 0.15) is 20.7 Å². The van der Waals surface area contributed by atoms with E-state index < -0.39 is 5.91 Å². The number of rotatable bonds is 10. The number of amides is 2. The Morgan fingerprint density at radius 1 is 0.794 bits per heavy atom. The van der Waals surface area contributed by atoms with Gasteiger partial charge in [0.1, 0.15) is 24.7 Å². The second-order valence-electron chi connectivity index (χ2n) is 6.94. The minimum Gasteiger partial charge on any atom is -0.490 e. The monoisotopic (exact) mass is 479 g/mol. The molecule has 0 aliphatic rings. The molecule has 8 nitrogen and oxygen atoms in total. The van der Waals surface area contributed by atoms with Gasteiger partial charge < -0.3 is 25.2 Å². The Morgan fingerprint density at radius 2 is 1.44 bits per heavy atom. The standard InChI is InChI=1S/C25H25N3O5S/c29-15-14-26-23(30)19-10-4-6-12-21(19)27-25(34)28-24(31)20-11-5-7-13-22(20)33-17-16-32-18-8-2-1-3-9-18/h1-13,29H,14-17H2,(H,26,30)(H2,27,28,31,34). The summed E-state index contributed by atoms with van der Waals surface area (Å²) in [5.74, 6) is 0.296. The second-order valence-corrected chi connectivity index (χ2v) is 7.35. The molecular formula is C25H25N3O5S. The van der Waals surface area contributed by atoms with Gasteiger partial charge in [0.05, 0.1) is 23.4 Å². The van der Waals surface area contributed by atoms with Crippen LogP contribution in [0.2, 0.25) is 0 Å². The smallest absolute Gasteiger partial charge is 0.261 e. The average molecular weight is 480 g/mol. The topological polar surface area (TPSA) is 109 Å². The van der Waals surface area contributed by atoms with Gasteiger partial charge in [-0.25, -0.2) is 0 Å². The lowest BCUT2D eigenvalue weighted by Gasteiger charge is -2.15. The Kier molecular flexibility index (Phi) is 9.39.